The van der Waals surface area contributed by atoms with Gasteiger partial charge in [-0.3, -0.25) is 4.79 Å². The summed E-state index contributed by atoms with van der Waals surface area (Å²) in [4.78, 5) is 11.1. The van der Waals surface area contributed by atoms with Crippen molar-refractivity contribution >= 4 is 21.6 Å². The first kappa shape index (κ1) is 15.6. The van der Waals surface area contributed by atoms with Crippen molar-refractivity contribution in [3.8, 4) is 0 Å². The van der Waals surface area contributed by atoms with E-state index in [1.165, 1.54) is 13.0 Å². The standard InChI is InChI=1S/C12H19N3O3S/c1-8-4-5-11(14-10(3)16)6-12(8)19(17,18)15-9(2)7-13/h4-6,9,15H,7,13H2,1-3H3,(H,14,16)/t9-/m1/s1. The summed E-state index contributed by atoms with van der Waals surface area (Å²) in [7, 11) is -3.64. The lowest BCUT2D eigenvalue weighted by Crippen LogP contribution is -2.38. The number of amides is 1. The monoisotopic (exact) mass is 285 g/mol. The summed E-state index contributed by atoms with van der Waals surface area (Å²) < 4.78 is 26.8. The highest BCUT2D eigenvalue weighted by molar-refractivity contribution is 7.89. The molecule has 0 fully saturated rings. The molecule has 0 aliphatic rings. The summed E-state index contributed by atoms with van der Waals surface area (Å²) in [5.41, 5.74) is 6.45. The predicted molar refractivity (Wildman–Crippen MR) is 74.3 cm³/mol. The first-order valence-corrected chi connectivity index (χ1v) is 7.35. The largest absolute Gasteiger partial charge is 0.329 e. The van der Waals surface area contributed by atoms with Gasteiger partial charge in [-0.15, -0.1) is 0 Å². The quantitative estimate of drug-likeness (QED) is 0.736. The van der Waals surface area contributed by atoms with Crippen LogP contribution in [0.5, 0.6) is 0 Å². The fourth-order valence-electron chi connectivity index (χ4n) is 1.55. The van der Waals surface area contributed by atoms with E-state index in [0.29, 0.717) is 11.3 Å². The van der Waals surface area contributed by atoms with Gasteiger partial charge < -0.3 is 11.1 Å². The molecule has 6 nitrogen and oxygen atoms in total. The molecule has 7 heteroatoms. The molecule has 0 unspecified atom stereocenters. The Balaban J connectivity index is 3.14. The molecule has 1 rings (SSSR count). The van der Waals surface area contributed by atoms with E-state index in [1.54, 1.807) is 26.0 Å². The van der Waals surface area contributed by atoms with Crippen molar-refractivity contribution in [2.75, 3.05) is 11.9 Å². The number of benzene rings is 1. The number of sulfonamides is 1. The van der Waals surface area contributed by atoms with Crippen molar-refractivity contribution in [2.45, 2.75) is 31.7 Å². The van der Waals surface area contributed by atoms with Crippen molar-refractivity contribution < 1.29 is 13.2 Å². The van der Waals surface area contributed by atoms with E-state index in [9.17, 15) is 13.2 Å². The Morgan fingerprint density at radius 1 is 1.42 bits per heavy atom. The Labute approximate surface area is 113 Å². The molecule has 0 bridgehead atoms. The molecule has 1 aromatic carbocycles. The Hall–Kier alpha value is -1.44. The van der Waals surface area contributed by atoms with E-state index < -0.39 is 10.0 Å². The second-order valence-corrected chi connectivity index (χ2v) is 6.10. The molecule has 19 heavy (non-hydrogen) atoms. The lowest BCUT2D eigenvalue weighted by Gasteiger charge is -2.14. The summed E-state index contributed by atoms with van der Waals surface area (Å²) >= 11 is 0. The average Bonchev–Trinajstić information content (AvgIpc) is 2.30. The summed E-state index contributed by atoms with van der Waals surface area (Å²) in [6, 6.07) is 4.38. The zero-order chi connectivity index (χ0) is 14.6. The highest BCUT2D eigenvalue weighted by atomic mass is 32.2. The van der Waals surface area contributed by atoms with Crippen LogP contribution < -0.4 is 15.8 Å². The third kappa shape index (κ3) is 4.30. The van der Waals surface area contributed by atoms with Crippen LogP contribution in [-0.2, 0) is 14.8 Å². The molecule has 1 atom stereocenters. The van der Waals surface area contributed by atoms with Crippen molar-refractivity contribution in [1.82, 2.24) is 4.72 Å². The van der Waals surface area contributed by atoms with Gasteiger partial charge >= 0.3 is 0 Å². The molecule has 4 N–H and O–H groups in total. The molecular formula is C12H19N3O3S. The van der Waals surface area contributed by atoms with Crippen LogP contribution in [0.4, 0.5) is 5.69 Å². The highest BCUT2D eigenvalue weighted by Crippen LogP contribution is 2.20. The minimum absolute atomic E-state index is 0.138. The van der Waals surface area contributed by atoms with Crippen LogP contribution >= 0.6 is 0 Å². The summed E-state index contributed by atoms with van der Waals surface area (Å²) in [6.07, 6.45) is 0. The normalized spacial score (nSPS) is 13.1. The van der Waals surface area contributed by atoms with Crippen LogP contribution in [0.3, 0.4) is 0 Å². The predicted octanol–water partition coefficient (Wildman–Crippen LogP) is 0.579. The number of anilines is 1. The molecule has 0 saturated carbocycles. The molecule has 0 spiro atoms. The van der Waals surface area contributed by atoms with Gasteiger partial charge in [0.15, 0.2) is 0 Å². The van der Waals surface area contributed by atoms with E-state index in [0.717, 1.165) is 0 Å². The Morgan fingerprint density at radius 3 is 2.58 bits per heavy atom. The molecule has 0 heterocycles. The third-order valence-electron chi connectivity index (χ3n) is 2.51. The number of hydrogen-bond donors (Lipinski definition) is 3. The molecule has 0 aromatic heterocycles. The maximum absolute atomic E-state index is 12.2. The van der Waals surface area contributed by atoms with E-state index >= 15 is 0 Å². The second kappa shape index (κ2) is 6.14. The van der Waals surface area contributed by atoms with Crippen molar-refractivity contribution in [1.29, 1.82) is 0 Å². The third-order valence-corrected chi connectivity index (χ3v) is 4.24. The van der Waals surface area contributed by atoms with E-state index in [1.807, 2.05) is 0 Å². The number of carbonyl (C=O) groups excluding carboxylic acids is 1. The number of aryl methyl sites for hydroxylation is 1. The maximum Gasteiger partial charge on any atom is 0.241 e. The SMILES string of the molecule is CC(=O)Nc1ccc(C)c(S(=O)(=O)N[C@H](C)CN)c1. The van der Waals surface area contributed by atoms with Crippen LogP contribution in [-0.4, -0.2) is 26.9 Å². The molecule has 0 saturated heterocycles. The van der Waals surface area contributed by atoms with Gasteiger partial charge in [0.1, 0.15) is 0 Å². The van der Waals surface area contributed by atoms with Gasteiger partial charge in [-0.05, 0) is 31.5 Å². The Bertz CT molecular complexity index is 570. The van der Waals surface area contributed by atoms with Crippen LogP contribution in [0.1, 0.15) is 19.4 Å². The van der Waals surface area contributed by atoms with Crippen molar-refractivity contribution in [3.05, 3.63) is 23.8 Å². The fraction of sp³-hybridized carbons (Fsp3) is 0.417. The van der Waals surface area contributed by atoms with E-state index in [-0.39, 0.29) is 23.4 Å². The molecule has 1 amide bonds. The molecule has 0 aliphatic heterocycles. The number of nitrogens with one attached hydrogen (secondary N) is 2. The molecule has 1 aromatic rings. The van der Waals surface area contributed by atoms with Crippen LogP contribution in [0.2, 0.25) is 0 Å². The lowest BCUT2D eigenvalue weighted by atomic mass is 10.2. The zero-order valence-electron chi connectivity index (χ0n) is 11.2. The summed E-state index contributed by atoms with van der Waals surface area (Å²) in [5, 5.41) is 2.56. The number of hydrogen-bond acceptors (Lipinski definition) is 4. The number of carbonyl (C=O) groups is 1. The van der Waals surface area contributed by atoms with E-state index in [2.05, 4.69) is 10.0 Å². The minimum atomic E-state index is -3.64. The van der Waals surface area contributed by atoms with Crippen LogP contribution in [0.15, 0.2) is 23.1 Å². The smallest absolute Gasteiger partial charge is 0.241 e. The van der Waals surface area contributed by atoms with Crippen molar-refractivity contribution in [2.24, 2.45) is 5.73 Å². The Morgan fingerprint density at radius 2 is 2.05 bits per heavy atom. The van der Waals surface area contributed by atoms with E-state index in [4.69, 9.17) is 5.73 Å². The van der Waals surface area contributed by atoms with Gasteiger partial charge in [0.25, 0.3) is 0 Å². The first-order chi connectivity index (χ1) is 8.76. The fourth-order valence-corrected chi connectivity index (χ4v) is 3.07. The summed E-state index contributed by atoms with van der Waals surface area (Å²) in [5.74, 6) is -0.254. The lowest BCUT2D eigenvalue weighted by molar-refractivity contribution is -0.114. The average molecular weight is 285 g/mol. The number of nitrogens with two attached hydrogens (primary N) is 1. The molecule has 106 valence electrons. The molecule has 0 radical (unpaired) electrons. The van der Waals surface area contributed by atoms with Gasteiger partial charge in [-0.25, -0.2) is 13.1 Å². The van der Waals surface area contributed by atoms with Crippen LogP contribution in [0, 0.1) is 6.92 Å². The van der Waals surface area contributed by atoms with Crippen molar-refractivity contribution in [3.63, 3.8) is 0 Å². The molecular weight excluding hydrogens is 266 g/mol. The highest BCUT2D eigenvalue weighted by Gasteiger charge is 2.19. The van der Waals surface area contributed by atoms with Gasteiger partial charge in [0.05, 0.1) is 4.90 Å². The topological polar surface area (TPSA) is 101 Å². The molecule has 0 aliphatic carbocycles. The van der Waals surface area contributed by atoms with Gasteiger partial charge in [0.2, 0.25) is 15.9 Å². The van der Waals surface area contributed by atoms with Gasteiger partial charge in [-0.1, -0.05) is 6.07 Å². The van der Waals surface area contributed by atoms with Gasteiger partial charge in [-0.2, -0.15) is 0 Å². The van der Waals surface area contributed by atoms with Crippen LogP contribution in [0.25, 0.3) is 0 Å². The first-order valence-electron chi connectivity index (χ1n) is 5.87. The maximum atomic E-state index is 12.2. The number of rotatable bonds is 5. The zero-order valence-corrected chi connectivity index (χ0v) is 12.0. The van der Waals surface area contributed by atoms with Gasteiger partial charge in [0, 0.05) is 25.2 Å². The second-order valence-electron chi connectivity index (χ2n) is 4.42. The minimum Gasteiger partial charge on any atom is -0.329 e. The summed E-state index contributed by atoms with van der Waals surface area (Å²) in [6.45, 7) is 4.95. The Kier molecular flexibility index (Phi) is 5.04.